The average Bonchev–Trinajstić information content (AvgIpc) is 2.80. The van der Waals surface area contributed by atoms with E-state index in [1.807, 2.05) is 12.1 Å². The Balaban J connectivity index is 2.23. The van der Waals surface area contributed by atoms with Gasteiger partial charge in [-0.25, -0.2) is 0 Å². The van der Waals surface area contributed by atoms with Crippen molar-refractivity contribution in [2.75, 3.05) is 7.11 Å². The lowest BCUT2D eigenvalue weighted by Gasteiger charge is -2.18. The minimum absolute atomic E-state index is 0.256. The average molecular weight is 285 g/mol. The van der Waals surface area contributed by atoms with E-state index in [1.54, 1.807) is 14.0 Å². The largest absolute Gasteiger partial charge is 0.491 e. The maximum atomic E-state index is 9.48. The second-order valence-electron chi connectivity index (χ2n) is 5.19. The van der Waals surface area contributed by atoms with E-state index < -0.39 is 6.10 Å². The normalized spacial score (nSPS) is 17.5. The number of methoxy groups -OCH3 is 1. The van der Waals surface area contributed by atoms with Crippen LogP contribution in [0.15, 0.2) is 12.1 Å². The van der Waals surface area contributed by atoms with E-state index in [0.717, 1.165) is 18.4 Å². The summed E-state index contributed by atoms with van der Waals surface area (Å²) in [4.78, 5) is 0. The van der Waals surface area contributed by atoms with Gasteiger partial charge in [-0.05, 0) is 56.7 Å². The van der Waals surface area contributed by atoms with Gasteiger partial charge in [0.25, 0.3) is 0 Å². The molecule has 1 aromatic rings. The topological polar surface area (TPSA) is 38.7 Å². The van der Waals surface area contributed by atoms with Crippen molar-refractivity contribution in [2.24, 2.45) is 0 Å². The van der Waals surface area contributed by atoms with Crippen LogP contribution in [0.3, 0.4) is 0 Å². The van der Waals surface area contributed by atoms with Crippen LogP contribution in [-0.4, -0.2) is 24.4 Å². The number of halogens is 1. The molecule has 0 amide bonds. The van der Waals surface area contributed by atoms with Crippen LogP contribution < -0.4 is 9.47 Å². The van der Waals surface area contributed by atoms with Crippen LogP contribution in [0.25, 0.3) is 0 Å². The first kappa shape index (κ1) is 14.5. The molecular formula is C15H21ClO3. The third kappa shape index (κ3) is 3.77. The molecule has 1 atom stereocenters. The van der Waals surface area contributed by atoms with Gasteiger partial charge in [0, 0.05) is 0 Å². The number of hydrogen-bond acceptors (Lipinski definition) is 3. The van der Waals surface area contributed by atoms with Crippen molar-refractivity contribution in [1.82, 2.24) is 0 Å². The Labute approximate surface area is 119 Å². The molecule has 0 heterocycles. The molecule has 1 aliphatic rings. The fourth-order valence-electron chi connectivity index (χ4n) is 2.55. The third-order valence-corrected chi connectivity index (χ3v) is 3.68. The first-order valence-corrected chi connectivity index (χ1v) is 7.19. The molecule has 106 valence electrons. The monoisotopic (exact) mass is 284 g/mol. The fraction of sp³-hybridized carbons (Fsp3) is 0.600. The standard InChI is InChI=1S/C15H21ClO3/c1-10(17)7-11-8-13(16)15(18-2)14(9-11)19-12-5-3-4-6-12/h8-10,12,17H,3-7H2,1-2H3. The molecule has 1 fully saturated rings. The molecule has 0 aromatic heterocycles. The highest BCUT2D eigenvalue weighted by atomic mass is 35.5. The van der Waals surface area contributed by atoms with Crippen molar-refractivity contribution in [3.8, 4) is 11.5 Å². The van der Waals surface area contributed by atoms with Gasteiger partial charge in [0.15, 0.2) is 11.5 Å². The summed E-state index contributed by atoms with van der Waals surface area (Å²) in [6, 6.07) is 3.75. The van der Waals surface area contributed by atoms with E-state index in [2.05, 4.69) is 0 Å². The predicted molar refractivity (Wildman–Crippen MR) is 76.3 cm³/mol. The molecule has 0 saturated heterocycles. The lowest BCUT2D eigenvalue weighted by molar-refractivity contribution is 0.192. The van der Waals surface area contributed by atoms with E-state index in [9.17, 15) is 5.11 Å². The van der Waals surface area contributed by atoms with Crippen LogP contribution in [0.2, 0.25) is 5.02 Å². The molecular weight excluding hydrogens is 264 g/mol. The number of ether oxygens (including phenoxy) is 2. The van der Waals surface area contributed by atoms with Gasteiger partial charge in [0.2, 0.25) is 0 Å². The van der Waals surface area contributed by atoms with Gasteiger partial charge >= 0.3 is 0 Å². The highest BCUT2D eigenvalue weighted by Gasteiger charge is 2.20. The van der Waals surface area contributed by atoms with Gasteiger partial charge in [0.05, 0.1) is 24.3 Å². The maximum Gasteiger partial charge on any atom is 0.179 e. The van der Waals surface area contributed by atoms with E-state index in [0.29, 0.717) is 22.9 Å². The minimum Gasteiger partial charge on any atom is -0.491 e. The van der Waals surface area contributed by atoms with Gasteiger partial charge in [-0.3, -0.25) is 0 Å². The van der Waals surface area contributed by atoms with E-state index >= 15 is 0 Å². The van der Waals surface area contributed by atoms with Gasteiger partial charge in [-0.2, -0.15) is 0 Å². The summed E-state index contributed by atoms with van der Waals surface area (Å²) in [5, 5.41) is 10.0. The molecule has 1 unspecified atom stereocenters. The zero-order chi connectivity index (χ0) is 13.8. The van der Waals surface area contributed by atoms with Gasteiger partial charge in [-0.15, -0.1) is 0 Å². The molecule has 1 aliphatic carbocycles. The second-order valence-corrected chi connectivity index (χ2v) is 5.59. The Morgan fingerprint density at radius 1 is 1.37 bits per heavy atom. The maximum absolute atomic E-state index is 9.48. The Kier molecular flexibility index (Phi) is 4.94. The van der Waals surface area contributed by atoms with Crippen molar-refractivity contribution in [2.45, 2.75) is 51.2 Å². The molecule has 1 aromatic carbocycles. The molecule has 3 nitrogen and oxygen atoms in total. The summed E-state index contributed by atoms with van der Waals surface area (Å²) in [6.45, 7) is 1.76. The van der Waals surface area contributed by atoms with Crippen LogP contribution in [0.1, 0.15) is 38.2 Å². The van der Waals surface area contributed by atoms with Crippen molar-refractivity contribution < 1.29 is 14.6 Å². The first-order valence-electron chi connectivity index (χ1n) is 6.81. The summed E-state index contributed by atoms with van der Waals surface area (Å²) >= 11 is 6.22. The molecule has 0 bridgehead atoms. The number of hydrogen-bond donors (Lipinski definition) is 1. The molecule has 0 aliphatic heterocycles. The minimum atomic E-state index is -0.399. The lowest BCUT2D eigenvalue weighted by Crippen LogP contribution is -2.12. The highest BCUT2D eigenvalue weighted by Crippen LogP contribution is 2.38. The van der Waals surface area contributed by atoms with Crippen molar-refractivity contribution in [1.29, 1.82) is 0 Å². The number of aliphatic hydroxyl groups excluding tert-OH is 1. The summed E-state index contributed by atoms with van der Waals surface area (Å²) in [7, 11) is 1.59. The summed E-state index contributed by atoms with van der Waals surface area (Å²) in [5.74, 6) is 1.28. The summed E-state index contributed by atoms with van der Waals surface area (Å²) in [6.07, 6.45) is 5.02. The zero-order valence-electron chi connectivity index (χ0n) is 11.5. The Hall–Kier alpha value is -0.930. The van der Waals surface area contributed by atoms with Crippen LogP contribution in [0.4, 0.5) is 0 Å². The number of aliphatic hydroxyl groups is 1. The quantitative estimate of drug-likeness (QED) is 0.898. The Morgan fingerprint density at radius 2 is 2.05 bits per heavy atom. The van der Waals surface area contributed by atoms with E-state index in [-0.39, 0.29) is 6.10 Å². The van der Waals surface area contributed by atoms with Crippen LogP contribution >= 0.6 is 11.6 Å². The van der Waals surface area contributed by atoms with Crippen molar-refractivity contribution in [3.05, 3.63) is 22.7 Å². The molecule has 1 N–H and O–H groups in total. The molecule has 0 spiro atoms. The predicted octanol–water partition coefficient (Wildman–Crippen LogP) is 3.59. The Morgan fingerprint density at radius 3 is 2.63 bits per heavy atom. The molecule has 2 rings (SSSR count). The van der Waals surface area contributed by atoms with E-state index in [4.69, 9.17) is 21.1 Å². The molecule has 4 heteroatoms. The van der Waals surface area contributed by atoms with Crippen LogP contribution in [-0.2, 0) is 6.42 Å². The zero-order valence-corrected chi connectivity index (χ0v) is 12.2. The fourth-order valence-corrected chi connectivity index (χ4v) is 2.86. The van der Waals surface area contributed by atoms with Gasteiger partial charge in [0.1, 0.15) is 0 Å². The van der Waals surface area contributed by atoms with E-state index in [1.165, 1.54) is 12.8 Å². The van der Waals surface area contributed by atoms with Gasteiger partial charge < -0.3 is 14.6 Å². The van der Waals surface area contributed by atoms with Crippen LogP contribution in [0, 0.1) is 0 Å². The number of rotatable bonds is 5. The van der Waals surface area contributed by atoms with Crippen LogP contribution in [0.5, 0.6) is 11.5 Å². The van der Waals surface area contributed by atoms with Crippen molar-refractivity contribution >= 4 is 11.6 Å². The third-order valence-electron chi connectivity index (χ3n) is 3.40. The molecule has 19 heavy (non-hydrogen) atoms. The number of benzene rings is 1. The van der Waals surface area contributed by atoms with Gasteiger partial charge in [-0.1, -0.05) is 11.6 Å². The Bertz CT molecular complexity index is 426. The highest BCUT2D eigenvalue weighted by molar-refractivity contribution is 6.32. The van der Waals surface area contributed by atoms with Crippen molar-refractivity contribution in [3.63, 3.8) is 0 Å². The lowest BCUT2D eigenvalue weighted by atomic mass is 10.1. The molecule has 0 radical (unpaired) electrons. The molecule has 1 saturated carbocycles. The SMILES string of the molecule is COc1c(Cl)cc(CC(C)O)cc1OC1CCCC1. The smallest absolute Gasteiger partial charge is 0.179 e. The summed E-state index contributed by atoms with van der Waals surface area (Å²) in [5.41, 5.74) is 0.966. The summed E-state index contributed by atoms with van der Waals surface area (Å²) < 4.78 is 11.3. The first-order chi connectivity index (χ1) is 9.10. The second kappa shape index (κ2) is 6.49.